The molecule has 0 bridgehead atoms. The zero-order valence-electron chi connectivity index (χ0n) is 6.50. The van der Waals surface area contributed by atoms with E-state index in [-0.39, 0.29) is 5.56 Å². The van der Waals surface area contributed by atoms with Crippen LogP contribution in [-0.4, -0.2) is 9.78 Å². The van der Waals surface area contributed by atoms with Gasteiger partial charge in [0, 0.05) is 18.2 Å². The van der Waals surface area contributed by atoms with E-state index < -0.39 is 0 Å². The van der Waals surface area contributed by atoms with E-state index in [1.165, 1.54) is 4.68 Å². The molecule has 0 unspecified atom stereocenters. The maximum absolute atomic E-state index is 11.1. The van der Waals surface area contributed by atoms with Crippen molar-refractivity contribution >= 4 is 0 Å². The molecule has 1 heterocycles. The smallest absolute Gasteiger partial charge is 0.268 e. The highest BCUT2D eigenvalue weighted by Crippen LogP contribution is 1.90. The molecule has 1 aromatic heterocycles. The molecule has 60 valence electrons. The SMILES string of the molecule is C#CCc1cn(CC#C)[nH]c1=O. The minimum atomic E-state index is -0.164. The molecule has 1 aromatic rings. The number of rotatable bonds is 2. The third-order valence-electron chi connectivity index (χ3n) is 1.40. The highest BCUT2D eigenvalue weighted by atomic mass is 16.1. The summed E-state index contributed by atoms with van der Waals surface area (Å²) in [5.74, 6) is 4.80. The van der Waals surface area contributed by atoms with Crippen LogP contribution in [-0.2, 0) is 13.0 Å². The van der Waals surface area contributed by atoms with E-state index in [2.05, 4.69) is 16.9 Å². The van der Waals surface area contributed by atoms with Gasteiger partial charge in [-0.15, -0.1) is 18.8 Å². The van der Waals surface area contributed by atoms with Gasteiger partial charge in [-0.05, 0) is 0 Å². The first kappa shape index (κ1) is 8.23. The Labute approximate surface area is 70.4 Å². The summed E-state index contributed by atoms with van der Waals surface area (Å²) in [6, 6.07) is 0. The predicted octanol–water partition coefficient (Wildman–Crippen LogP) is -0.0147. The summed E-state index contributed by atoms with van der Waals surface area (Å²) in [5, 5.41) is 2.55. The summed E-state index contributed by atoms with van der Waals surface area (Å²) < 4.78 is 1.54. The van der Waals surface area contributed by atoms with Crippen molar-refractivity contribution in [2.24, 2.45) is 0 Å². The standard InChI is InChI=1S/C9H8N2O/c1-3-5-8-7-11(6-4-2)10-9(8)12/h1-2,7H,5-6H2,(H,10,12). The molecule has 0 saturated carbocycles. The lowest BCUT2D eigenvalue weighted by atomic mass is 10.3. The van der Waals surface area contributed by atoms with Crippen molar-refractivity contribution in [3.8, 4) is 24.7 Å². The fraction of sp³-hybridized carbons (Fsp3) is 0.222. The molecular weight excluding hydrogens is 152 g/mol. The number of H-pyrrole nitrogens is 1. The molecular formula is C9H8N2O. The van der Waals surface area contributed by atoms with Gasteiger partial charge in [0.2, 0.25) is 0 Å². The Balaban J connectivity index is 2.96. The lowest BCUT2D eigenvalue weighted by molar-refractivity contribution is 0.706. The lowest BCUT2D eigenvalue weighted by Gasteiger charge is -1.90. The molecule has 0 saturated heterocycles. The average molecular weight is 160 g/mol. The van der Waals surface area contributed by atoms with Gasteiger partial charge < -0.3 is 0 Å². The summed E-state index contributed by atoms with van der Waals surface area (Å²) in [5.41, 5.74) is 0.413. The molecule has 0 fully saturated rings. The summed E-state index contributed by atoms with van der Waals surface area (Å²) in [7, 11) is 0. The summed E-state index contributed by atoms with van der Waals surface area (Å²) in [6.07, 6.45) is 12.1. The molecule has 1 rings (SSSR count). The average Bonchev–Trinajstić information content (AvgIpc) is 2.34. The zero-order valence-corrected chi connectivity index (χ0v) is 6.50. The van der Waals surface area contributed by atoms with Crippen LogP contribution in [0.25, 0.3) is 0 Å². The highest BCUT2D eigenvalue weighted by Gasteiger charge is 2.00. The molecule has 0 radical (unpaired) electrons. The topological polar surface area (TPSA) is 37.8 Å². The molecule has 3 nitrogen and oxygen atoms in total. The van der Waals surface area contributed by atoms with Crippen LogP contribution in [0.3, 0.4) is 0 Å². The van der Waals surface area contributed by atoms with Crippen LogP contribution in [0.5, 0.6) is 0 Å². The van der Waals surface area contributed by atoms with Crippen molar-refractivity contribution < 1.29 is 0 Å². The van der Waals surface area contributed by atoms with E-state index in [4.69, 9.17) is 12.8 Å². The molecule has 1 N–H and O–H groups in total. The van der Waals surface area contributed by atoms with E-state index in [9.17, 15) is 4.79 Å². The van der Waals surface area contributed by atoms with Crippen LogP contribution in [0, 0.1) is 24.7 Å². The van der Waals surface area contributed by atoms with Crippen LogP contribution in [0.2, 0.25) is 0 Å². The van der Waals surface area contributed by atoms with Gasteiger partial charge in [0.1, 0.15) is 0 Å². The minimum Gasteiger partial charge on any atom is -0.280 e. The number of hydrogen-bond acceptors (Lipinski definition) is 1. The zero-order chi connectivity index (χ0) is 8.97. The molecule has 0 atom stereocenters. The van der Waals surface area contributed by atoms with E-state index in [0.717, 1.165) is 0 Å². The third-order valence-corrected chi connectivity index (χ3v) is 1.40. The van der Waals surface area contributed by atoms with Crippen molar-refractivity contribution in [3.05, 3.63) is 22.1 Å². The van der Waals surface area contributed by atoms with Crippen molar-refractivity contribution in [1.29, 1.82) is 0 Å². The summed E-state index contributed by atoms with van der Waals surface area (Å²) in [6.45, 7) is 0.361. The van der Waals surface area contributed by atoms with Gasteiger partial charge >= 0.3 is 0 Å². The maximum Gasteiger partial charge on any atom is 0.268 e. The first-order valence-electron chi connectivity index (χ1n) is 3.43. The molecule has 0 aliphatic carbocycles. The van der Waals surface area contributed by atoms with E-state index in [0.29, 0.717) is 18.5 Å². The summed E-state index contributed by atoms with van der Waals surface area (Å²) >= 11 is 0. The molecule has 3 heteroatoms. The molecule has 0 spiro atoms. The van der Waals surface area contributed by atoms with Gasteiger partial charge in [-0.25, -0.2) is 0 Å². The number of nitrogens with one attached hydrogen (secondary N) is 1. The molecule has 0 aromatic carbocycles. The Hall–Kier alpha value is -1.87. The lowest BCUT2D eigenvalue weighted by Crippen LogP contribution is -2.07. The van der Waals surface area contributed by atoms with E-state index in [1.54, 1.807) is 6.20 Å². The van der Waals surface area contributed by atoms with Gasteiger partial charge in [-0.3, -0.25) is 14.6 Å². The largest absolute Gasteiger partial charge is 0.280 e. The Morgan fingerprint density at radius 3 is 2.83 bits per heavy atom. The van der Waals surface area contributed by atoms with E-state index >= 15 is 0 Å². The van der Waals surface area contributed by atoms with Crippen LogP contribution in [0.15, 0.2) is 11.0 Å². The second-order valence-corrected chi connectivity index (χ2v) is 2.31. The number of nitrogens with zero attached hydrogens (tertiary/aromatic N) is 1. The van der Waals surface area contributed by atoms with Crippen molar-refractivity contribution in [2.45, 2.75) is 13.0 Å². The highest BCUT2D eigenvalue weighted by molar-refractivity contribution is 5.12. The summed E-state index contributed by atoms with van der Waals surface area (Å²) in [4.78, 5) is 11.1. The molecule has 0 amide bonds. The first-order valence-corrected chi connectivity index (χ1v) is 3.43. The number of terminal acetylenes is 2. The van der Waals surface area contributed by atoms with Gasteiger partial charge in [-0.2, -0.15) is 0 Å². The Morgan fingerprint density at radius 2 is 2.25 bits per heavy atom. The van der Waals surface area contributed by atoms with Crippen LogP contribution in [0.4, 0.5) is 0 Å². The molecule has 0 aliphatic rings. The Morgan fingerprint density at radius 1 is 1.50 bits per heavy atom. The number of aromatic nitrogens is 2. The minimum absolute atomic E-state index is 0.164. The van der Waals surface area contributed by atoms with Crippen LogP contribution < -0.4 is 5.56 Å². The van der Waals surface area contributed by atoms with Gasteiger partial charge in [-0.1, -0.05) is 5.92 Å². The number of hydrogen-bond donors (Lipinski definition) is 1. The first-order chi connectivity index (χ1) is 5.77. The van der Waals surface area contributed by atoms with Gasteiger partial charge in [0.05, 0.1) is 6.54 Å². The fourth-order valence-corrected chi connectivity index (χ4v) is 0.901. The van der Waals surface area contributed by atoms with E-state index in [1.807, 2.05) is 0 Å². The predicted molar refractivity (Wildman–Crippen MR) is 46.4 cm³/mol. The van der Waals surface area contributed by atoms with Crippen molar-refractivity contribution in [3.63, 3.8) is 0 Å². The van der Waals surface area contributed by atoms with Crippen molar-refractivity contribution in [2.75, 3.05) is 0 Å². The molecule has 0 aliphatic heterocycles. The van der Waals surface area contributed by atoms with Gasteiger partial charge in [0.25, 0.3) is 5.56 Å². The Kier molecular flexibility index (Phi) is 2.40. The third kappa shape index (κ3) is 1.59. The second kappa shape index (κ2) is 3.50. The van der Waals surface area contributed by atoms with Crippen LogP contribution >= 0.6 is 0 Å². The van der Waals surface area contributed by atoms with Gasteiger partial charge in [0.15, 0.2) is 0 Å². The normalized spacial score (nSPS) is 8.83. The van der Waals surface area contributed by atoms with Crippen LogP contribution in [0.1, 0.15) is 5.56 Å². The fourth-order valence-electron chi connectivity index (χ4n) is 0.901. The van der Waals surface area contributed by atoms with Crippen molar-refractivity contribution in [1.82, 2.24) is 9.78 Å². The second-order valence-electron chi connectivity index (χ2n) is 2.31. The monoisotopic (exact) mass is 160 g/mol. The maximum atomic E-state index is 11.1. The quantitative estimate of drug-likeness (QED) is 0.607. The molecule has 12 heavy (non-hydrogen) atoms. The number of aromatic amines is 1. The Bertz CT molecular complexity index is 397.